The maximum absolute atomic E-state index is 6.08. The highest BCUT2D eigenvalue weighted by atomic mass is 35.5. The van der Waals surface area contributed by atoms with Gasteiger partial charge in [-0.1, -0.05) is 30.7 Å². The Kier molecular flexibility index (Phi) is 6.13. The lowest BCUT2D eigenvalue weighted by Crippen LogP contribution is -2.02. The van der Waals surface area contributed by atoms with Crippen LogP contribution in [0.25, 0.3) is 0 Å². The van der Waals surface area contributed by atoms with Gasteiger partial charge >= 0.3 is 0 Å². The van der Waals surface area contributed by atoms with Gasteiger partial charge in [0, 0.05) is 5.02 Å². The molecule has 0 heterocycles. The molecule has 0 fully saturated rings. The molecule has 1 nitrogen and oxygen atoms in total. The van der Waals surface area contributed by atoms with Gasteiger partial charge in [0.15, 0.2) is 0 Å². The third-order valence-electron chi connectivity index (χ3n) is 2.86. The smallest absolute Gasteiger partial charge is 0.122 e. The molecule has 94 valence electrons. The highest BCUT2D eigenvalue weighted by Gasteiger charge is 2.14. The van der Waals surface area contributed by atoms with Crippen LogP contribution in [0.3, 0.4) is 0 Å². The van der Waals surface area contributed by atoms with Gasteiger partial charge in [-0.15, -0.1) is 0 Å². The summed E-state index contributed by atoms with van der Waals surface area (Å²) in [6.45, 7) is 6.94. The fraction of sp³-hybridized carbons (Fsp3) is 0.467. The number of allylic oxidation sites excluding steroid dienone is 2. The maximum Gasteiger partial charge on any atom is 0.122 e. The van der Waals surface area contributed by atoms with Crippen molar-refractivity contribution in [2.45, 2.75) is 39.5 Å². The van der Waals surface area contributed by atoms with E-state index in [1.165, 1.54) is 5.56 Å². The van der Waals surface area contributed by atoms with E-state index in [9.17, 15) is 0 Å². The monoisotopic (exact) mass is 252 g/mol. The van der Waals surface area contributed by atoms with Gasteiger partial charge in [0.05, 0.1) is 6.61 Å². The number of hydrogen-bond acceptors (Lipinski definition) is 1. The van der Waals surface area contributed by atoms with Crippen LogP contribution in [-0.4, -0.2) is 6.61 Å². The lowest BCUT2D eigenvalue weighted by Gasteiger charge is -2.18. The minimum Gasteiger partial charge on any atom is -0.494 e. The van der Waals surface area contributed by atoms with Gasteiger partial charge in [0.1, 0.15) is 5.75 Å². The summed E-state index contributed by atoms with van der Waals surface area (Å²) in [6.07, 6.45) is 6.41. The lowest BCUT2D eigenvalue weighted by atomic mass is 9.92. The third kappa shape index (κ3) is 4.08. The predicted octanol–water partition coefficient (Wildman–Crippen LogP) is 5.20. The SMILES string of the molecule is C/C=C\CC(CC)c1cc(Cl)ccc1OCC. The summed E-state index contributed by atoms with van der Waals surface area (Å²) in [6, 6.07) is 5.89. The molecule has 0 radical (unpaired) electrons. The van der Waals surface area contributed by atoms with Crippen molar-refractivity contribution in [3.05, 3.63) is 40.9 Å². The van der Waals surface area contributed by atoms with Crippen molar-refractivity contribution in [1.29, 1.82) is 0 Å². The van der Waals surface area contributed by atoms with Gasteiger partial charge in [-0.2, -0.15) is 0 Å². The summed E-state index contributed by atoms with van der Waals surface area (Å²) < 4.78 is 5.67. The van der Waals surface area contributed by atoms with Gasteiger partial charge in [-0.25, -0.2) is 0 Å². The molecule has 1 aromatic carbocycles. The topological polar surface area (TPSA) is 9.23 Å². The second-order valence-corrected chi connectivity index (χ2v) is 4.46. The molecule has 1 atom stereocenters. The van der Waals surface area contributed by atoms with Crippen LogP contribution in [0.1, 0.15) is 45.1 Å². The standard InChI is InChI=1S/C15H21ClO/c1-4-7-8-12(5-2)14-11-13(16)9-10-15(14)17-6-3/h4,7,9-12H,5-6,8H2,1-3H3/b7-4-. The highest BCUT2D eigenvalue weighted by molar-refractivity contribution is 6.30. The van der Waals surface area contributed by atoms with E-state index in [1.54, 1.807) is 0 Å². The van der Waals surface area contributed by atoms with Crippen LogP contribution in [0.2, 0.25) is 5.02 Å². The largest absolute Gasteiger partial charge is 0.494 e. The van der Waals surface area contributed by atoms with E-state index < -0.39 is 0 Å². The molecule has 0 spiro atoms. The Bertz CT molecular complexity index is 371. The van der Waals surface area contributed by atoms with Crippen LogP contribution in [0, 0.1) is 0 Å². The molecule has 0 amide bonds. The van der Waals surface area contributed by atoms with E-state index in [-0.39, 0.29) is 0 Å². The van der Waals surface area contributed by atoms with Crippen LogP contribution in [0.5, 0.6) is 5.75 Å². The number of ether oxygens (including phenoxy) is 1. The van der Waals surface area contributed by atoms with Crippen molar-refractivity contribution >= 4 is 11.6 Å². The first-order valence-electron chi connectivity index (χ1n) is 6.26. The molecule has 0 bridgehead atoms. The van der Waals surface area contributed by atoms with Crippen LogP contribution < -0.4 is 4.74 Å². The zero-order chi connectivity index (χ0) is 12.7. The minimum atomic E-state index is 0.478. The number of benzene rings is 1. The second kappa shape index (κ2) is 7.39. The van der Waals surface area contributed by atoms with Gasteiger partial charge in [-0.3, -0.25) is 0 Å². The summed E-state index contributed by atoms with van der Waals surface area (Å²) in [5, 5.41) is 0.780. The summed E-state index contributed by atoms with van der Waals surface area (Å²) in [7, 11) is 0. The molecule has 2 heteroatoms. The molecule has 0 saturated heterocycles. The van der Waals surface area contributed by atoms with Crippen LogP contribution in [0.4, 0.5) is 0 Å². The second-order valence-electron chi connectivity index (χ2n) is 4.03. The number of halogens is 1. The predicted molar refractivity (Wildman–Crippen MR) is 75.1 cm³/mol. The Labute approximate surface area is 109 Å². The quantitative estimate of drug-likeness (QED) is 0.633. The molecule has 0 aromatic heterocycles. The molecular formula is C15H21ClO. The van der Waals surface area contributed by atoms with Crippen molar-refractivity contribution in [3.63, 3.8) is 0 Å². The molecule has 17 heavy (non-hydrogen) atoms. The Balaban J connectivity index is 3.01. The van der Waals surface area contributed by atoms with E-state index in [0.29, 0.717) is 12.5 Å². The summed E-state index contributed by atoms with van der Waals surface area (Å²) in [5.74, 6) is 1.44. The van der Waals surface area contributed by atoms with E-state index >= 15 is 0 Å². The summed E-state index contributed by atoms with van der Waals surface area (Å²) in [4.78, 5) is 0. The van der Waals surface area contributed by atoms with Crippen molar-refractivity contribution in [2.75, 3.05) is 6.61 Å². The Morgan fingerprint density at radius 2 is 2.12 bits per heavy atom. The van der Waals surface area contributed by atoms with Crippen molar-refractivity contribution in [1.82, 2.24) is 0 Å². The highest BCUT2D eigenvalue weighted by Crippen LogP contribution is 2.34. The normalized spacial score (nSPS) is 12.9. The third-order valence-corrected chi connectivity index (χ3v) is 3.10. The first kappa shape index (κ1) is 14.1. The zero-order valence-electron chi connectivity index (χ0n) is 10.9. The molecule has 0 aliphatic rings. The van der Waals surface area contributed by atoms with Crippen molar-refractivity contribution < 1.29 is 4.74 Å². The molecule has 0 saturated carbocycles. The zero-order valence-corrected chi connectivity index (χ0v) is 11.6. The summed E-state index contributed by atoms with van der Waals surface area (Å²) in [5.41, 5.74) is 1.22. The molecule has 1 unspecified atom stereocenters. The molecule has 0 aliphatic heterocycles. The van der Waals surface area contributed by atoms with E-state index in [1.807, 2.05) is 32.0 Å². The molecule has 0 N–H and O–H groups in total. The van der Waals surface area contributed by atoms with E-state index in [2.05, 4.69) is 19.1 Å². The van der Waals surface area contributed by atoms with Crippen LogP contribution >= 0.6 is 11.6 Å². The van der Waals surface area contributed by atoms with E-state index in [0.717, 1.165) is 23.6 Å². The minimum absolute atomic E-state index is 0.478. The first-order valence-corrected chi connectivity index (χ1v) is 6.64. The van der Waals surface area contributed by atoms with Gasteiger partial charge in [-0.05, 0) is 56.4 Å². The van der Waals surface area contributed by atoms with Crippen molar-refractivity contribution in [2.24, 2.45) is 0 Å². The Hall–Kier alpha value is -0.950. The Morgan fingerprint density at radius 3 is 2.71 bits per heavy atom. The van der Waals surface area contributed by atoms with Gasteiger partial charge in [0.2, 0.25) is 0 Å². The Morgan fingerprint density at radius 1 is 1.35 bits per heavy atom. The summed E-state index contributed by atoms with van der Waals surface area (Å²) >= 11 is 6.08. The average Bonchev–Trinajstić information content (AvgIpc) is 2.33. The first-order chi connectivity index (χ1) is 8.22. The number of rotatable bonds is 6. The molecule has 1 aromatic rings. The molecule has 1 rings (SSSR count). The number of hydrogen-bond donors (Lipinski definition) is 0. The maximum atomic E-state index is 6.08. The average molecular weight is 253 g/mol. The molecule has 0 aliphatic carbocycles. The van der Waals surface area contributed by atoms with Crippen LogP contribution in [-0.2, 0) is 0 Å². The molecular weight excluding hydrogens is 232 g/mol. The fourth-order valence-corrected chi connectivity index (χ4v) is 2.12. The fourth-order valence-electron chi connectivity index (χ4n) is 1.94. The van der Waals surface area contributed by atoms with Gasteiger partial charge < -0.3 is 4.74 Å². The van der Waals surface area contributed by atoms with Crippen LogP contribution in [0.15, 0.2) is 30.4 Å². The lowest BCUT2D eigenvalue weighted by molar-refractivity contribution is 0.333. The van der Waals surface area contributed by atoms with E-state index in [4.69, 9.17) is 16.3 Å². The van der Waals surface area contributed by atoms with Gasteiger partial charge in [0.25, 0.3) is 0 Å². The van der Waals surface area contributed by atoms with Crippen molar-refractivity contribution in [3.8, 4) is 5.75 Å².